The van der Waals surface area contributed by atoms with Crippen molar-refractivity contribution in [2.45, 2.75) is 0 Å². The lowest BCUT2D eigenvalue weighted by atomic mass is 10.2. The van der Waals surface area contributed by atoms with E-state index >= 15 is 0 Å². The molecular formula is C20H15NO6. The van der Waals surface area contributed by atoms with Gasteiger partial charge >= 0.3 is 5.97 Å². The maximum absolute atomic E-state index is 12.2. The van der Waals surface area contributed by atoms with Gasteiger partial charge in [0.25, 0.3) is 5.91 Å². The van der Waals surface area contributed by atoms with Crippen LogP contribution in [-0.4, -0.2) is 27.2 Å². The van der Waals surface area contributed by atoms with Crippen LogP contribution in [0.5, 0.6) is 11.5 Å². The van der Waals surface area contributed by atoms with E-state index in [1.165, 1.54) is 6.08 Å². The van der Waals surface area contributed by atoms with Crippen LogP contribution in [0.3, 0.4) is 0 Å². The van der Waals surface area contributed by atoms with Gasteiger partial charge in [-0.1, -0.05) is 30.3 Å². The number of carboxylic acids is 1. The zero-order chi connectivity index (χ0) is 19.4. The normalized spacial score (nSPS) is 11.2. The minimum Gasteiger partial charge on any atom is -0.508 e. The molecule has 0 spiro atoms. The van der Waals surface area contributed by atoms with Gasteiger partial charge in [-0.25, -0.2) is 4.79 Å². The summed E-state index contributed by atoms with van der Waals surface area (Å²) in [7, 11) is 0. The summed E-state index contributed by atoms with van der Waals surface area (Å²) in [5, 5.41) is 30.5. The number of aliphatic carboxylic acids is 1. The highest BCUT2D eigenvalue weighted by Crippen LogP contribution is 2.23. The summed E-state index contributed by atoms with van der Waals surface area (Å²) in [6, 6.07) is 15.8. The summed E-state index contributed by atoms with van der Waals surface area (Å²) in [6.45, 7) is 0. The van der Waals surface area contributed by atoms with Crippen molar-refractivity contribution in [3.05, 3.63) is 77.7 Å². The summed E-state index contributed by atoms with van der Waals surface area (Å²) < 4.78 is 5.60. The number of phenols is 2. The van der Waals surface area contributed by atoms with Crippen LogP contribution in [0.1, 0.15) is 16.1 Å². The summed E-state index contributed by atoms with van der Waals surface area (Å²) in [4.78, 5) is 23.7. The van der Waals surface area contributed by atoms with Gasteiger partial charge < -0.3 is 25.1 Å². The smallest absolute Gasteiger partial charge is 0.352 e. The van der Waals surface area contributed by atoms with Crippen molar-refractivity contribution in [3.63, 3.8) is 0 Å². The molecule has 0 aliphatic carbocycles. The fraction of sp³-hybridized carbons (Fsp3) is 0. The Balaban J connectivity index is 1.84. The van der Waals surface area contributed by atoms with Crippen LogP contribution >= 0.6 is 0 Å². The molecule has 0 aliphatic rings. The third kappa shape index (κ3) is 4.35. The number of benzene rings is 2. The van der Waals surface area contributed by atoms with Crippen LogP contribution in [0.2, 0.25) is 0 Å². The molecule has 7 heteroatoms. The fourth-order valence-electron chi connectivity index (χ4n) is 2.40. The average Bonchev–Trinajstić information content (AvgIpc) is 3.09. The molecule has 3 aromatic rings. The van der Waals surface area contributed by atoms with E-state index in [0.717, 1.165) is 23.8 Å². The van der Waals surface area contributed by atoms with Crippen molar-refractivity contribution in [1.82, 2.24) is 5.32 Å². The topological polar surface area (TPSA) is 120 Å². The second kappa shape index (κ2) is 7.49. The molecule has 0 saturated heterocycles. The molecule has 1 amide bonds. The zero-order valence-electron chi connectivity index (χ0n) is 13.9. The van der Waals surface area contributed by atoms with Gasteiger partial charge in [0.1, 0.15) is 28.7 Å². The van der Waals surface area contributed by atoms with Gasteiger partial charge in [0, 0.05) is 23.3 Å². The number of carbonyl (C=O) groups excluding carboxylic acids is 1. The maximum Gasteiger partial charge on any atom is 0.352 e. The van der Waals surface area contributed by atoms with E-state index in [1.54, 1.807) is 12.1 Å². The molecule has 0 bridgehead atoms. The molecule has 4 N–H and O–H groups in total. The highest BCUT2D eigenvalue weighted by atomic mass is 16.4. The van der Waals surface area contributed by atoms with E-state index in [-0.39, 0.29) is 22.8 Å². The molecule has 1 aromatic heterocycles. The first kappa shape index (κ1) is 17.8. The first-order valence-electron chi connectivity index (χ1n) is 7.87. The molecule has 27 heavy (non-hydrogen) atoms. The molecular weight excluding hydrogens is 350 g/mol. The number of phenolic OH excluding ortho intramolecular Hbond substituents is 2. The third-order valence-electron chi connectivity index (χ3n) is 3.62. The molecule has 3 rings (SSSR count). The van der Waals surface area contributed by atoms with Crippen molar-refractivity contribution < 1.29 is 29.3 Å². The molecule has 1 heterocycles. The predicted octanol–water partition coefficient (Wildman–Crippen LogP) is 3.21. The van der Waals surface area contributed by atoms with Crippen LogP contribution in [0.25, 0.3) is 17.4 Å². The minimum atomic E-state index is -1.37. The van der Waals surface area contributed by atoms with E-state index in [1.807, 2.05) is 30.3 Å². The Labute approximate surface area is 153 Å². The molecule has 7 nitrogen and oxygen atoms in total. The first-order chi connectivity index (χ1) is 12.9. The van der Waals surface area contributed by atoms with E-state index in [9.17, 15) is 24.9 Å². The number of furan rings is 1. The second-order valence-corrected chi connectivity index (χ2v) is 5.62. The molecule has 136 valence electrons. The Morgan fingerprint density at radius 1 is 0.926 bits per heavy atom. The van der Waals surface area contributed by atoms with Crippen molar-refractivity contribution in [1.29, 1.82) is 0 Å². The lowest BCUT2D eigenvalue weighted by molar-refractivity contribution is -0.132. The number of hydrogen-bond donors (Lipinski definition) is 4. The maximum atomic E-state index is 12.2. The van der Waals surface area contributed by atoms with Crippen molar-refractivity contribution in [3.8, 4) is 22.8 Å². The Morgan fingerprint density at radius 3 is 2.22 bits per heavy atom. The highest BCUT2D eigenvalue weighted by Gasteiger charge is 2.16. The molecule has 0 unspecified atom stereocenters. The van der Waals surface area contributed by atoms with E-state index in [0.29, 0.717) is 5.76 Å². The standard InChI is InChI=1S/C20H15NO6/c22-14-8-13(9-15(23)10-14)19(24)21-17(20(25)26)11-16-6-7-18(27-16)12-4-2-1-3-5-12/h1-11,22-23H,(H,21,24)(H,25,26)/b17-11+. The largest absolute Gasteiger partial charge is 0.508 e. The van der Waals surface area contributed by atoms with Crippen LogP contribution in [-0.2, 0) is 4.79 Å². The Bertz CT molecular complexity index is 1000. The number of aromatic hydroxyl groups is 2. The van der Waals surface area contributed by atoms with Crippen molar-refractivity contribution in [2.75, 3.05) is 0 Å². The SMILES string of the molecule is O=C(O)/C(=C\c1ccc(-c2ccccc2)o1)NC(=O)c1cc(O)cc(O)c1. The lowest BCUT2D eigenvalue weighted by Gasteiger charge is -2.06. The van der Waals surface area contributed by atoms with Crippen LogP contribution in [0.15, 0.2) is 70.8 Å². The summed E-state index contributed by atoms with van der Waals surface area (Å²) in [6.07, 6.45) is 1.18. The number of amides is 1. The van der Waals surface area contributed by atoms with Gasteiger partial charge in [-0.15, -0.1) is 0 Å². The van der Waals surface area contributed by atoms with E-state index < -0.39 is 17.6 Å². The molecule has 0 fully saturated rings. The first-order valence-corrected chi connectivity index (χ1v) is 7.87. The quantitative estimate of drug-likeness (QED) is 0.515. The van der Waals surface area contributed by atoms with Gasteiger partial charge in [-0.05, 0) is 24.3 Å². The highest BCUT2D eigenvalue weighted by molar-refractivity contribution is 6.03. The number of carbonyl (C=O) groups is 2. The fourth-order valence-corrected chi connectivity index (χ4v) is 2.40. The molecule has 0 atom stereocenters. The lowest BCUT2D eigenvalue weighted by Crippen LogP contribution is -2.27. The average molecular weight is 365 g/mol. The van der Waals surface area contributed by atoms with Crippen molar-refractivity contribution >= 4 is 18.0 Å². The minimum absolute atomic E-state index is 0.0935. The van der Waals surface area contributed by atoms with Gasteiger partial charge in [0.15, 0.2) is 0 Å². The molecule has 0 radical (unpaired) electrons. The number of carboxylic acid groups (broad SMARTS) is 1. The van der Waals surface area contributed by atoms with Crippen LogP contribution < -0.4 is 5.32 Å². The zero-order valence-corrected chi connectivity index (χ0v) is 13.9. The summed E-state index contributed by atoms with van der Waals surface area (Å²) in [5.74, 6) is -2.02. The molecule has 0 aliphatic heterocycles. The van der Waals surface area contributed by atoms with E-state index in [2.05, 4.69) is 5.32 Å². The summed E-state index contributed by atoms with van der Waals surface area (Å²) in [5.41, 5.74) is 0.314. The number of hydrogen-bond acceptors (Lipinski definition) is 5. The van der Waals surface area contributed by atoms with Crippen LogP contribution in [0.4, 0.5) is 0 Å². The van der Waals surface area contributed by atoms with Gasteiger partial charge in [0.05, 0.1) is 0 Å². The van der Waals surface area contributed by atoms with Gasteiger partial charge in [-0.3, -0.25) is 4.79 Å². The Morgan fingerprint density at radius 2 is 1.59 bits per heavy atom. The third-order valence-corrected chi connectivity index (χ3v) is 3.62. The number of nitrogens with one attached hydrogen (secondary N) is 1. The Hall–Kier alpha value is -4.00. The Kier molecular flexibility index (Phi) is 4.94. The molecule has 0 saturated carbocycles. The van der Waals surface area contributed by atoms with E-state index in [4.69, 9.17) is 4.42 Å². The monoisotopic (exact) mass is 365 g/mol. The van der Waals surface area contributed by atoms with Gasteiger partial charge in [0.2, 0.25) is 0 Å². The molecule has 2 aromatic carbocycles. The predicted molar refractivity (Wildman–Crippen MR) is 97.0 cm³/mol. The van der Waals surface area contributed by atoms with Crippen molar-refractivity contribution in [2.24, 2.45) is 0 Å². The second-order valence-electron chi connectivity index (χ2n) is 5.62. The number of rotatable bonds is 5. The summed E-state index contributed by atoms with van der Waals surface area (Å²) >= 11 is 0. The van der Waals surface area contributed by atoms with Crippen LogP contribution in [0, 0.1) is 0 Å². The van der Waals surface area contributed by atoms with Gasteiger partial charge in [-0.2, -0.15) is 0 Å².